The molecule has 1 aliphatic rings. The Morgan fingerprint density at radius 1 is 1.09 bits per heavy atom. The molecule has 0 spiro atoms. The first-order valence-corrected chi connectivity index (χ1v) is 11.3. The van der Waals surface area contributed by atoms with E-state index in [0.29, 0.717) is 41.0 Å². The Hall–Kier alpha value is -3.23. The van der Waals surface area contributed by atoms with Crippen molar-refractivity contribution in [2.45, 2.75) is 52.1 Å². The van der Waals surface area contributed by atoms with Crippen LogP contribution >= 0.6 is 0 Å². The molecule has 1 aromatic heterocycles. The molecular formula is C24H33N3O6. The third kappa shape index (κ3) is 5.77. The van der Waals surface area contributed by atoms with Gasteiger partial charge in [0.1, 0.15) is 0 Å². The van der Waals surface area contributed by atoms with E-state index in [2.05, 4.69) is 10.5 Å². The van der Waals surface area contributed by atoms with Crippen LogP contribution in [-0.4, -0.2) is 55.8 Å². The predicted molar refractivity (Wildman–Crippen MR) is 122 cm³/mol. The lowest BCUT2D eigenvalue weighted by Gasteiger charge is -2.30. The monoisotopic (exact) mass is 459 g/mol. The van der Waals surface area contributed by atoms with Gasteiger partial charge in [-0.2, -0.15) is 0 Å². The molecule has 9 nitrogen and oxygen atoms in total. The average Bonchev–Trinajstić information content (AvgIpc) is 3.56. The summed E-state index contributed by atoms with van der Waals surface area (Å²) in [6.45, 7) is 4.90. The number of hydrogen-bond donors (Lipinski definition) is 1. The van der Waals surface area contributed by atoms with Crippen LogP contribution in [0.15, 0.2) is 22.7 Å². The van der Waals surface area contributed by atoms with Gasteiger partial charge in [-0.15, -0.1) is 0 Å². The molecule has 3 rings (SSSR count). The van der Waals surface area contributed by atoms with Crippen molar-refractivity contribution in [2.75, 3.05) is 27.9 Å². The molecule has 0 aliphatic heterocycles. The Morgan fingerprint density at radius 3 is 2.24 bits per heavy atom. The van der Waals surface area contributed by atoms with Crippen molar-refractivity contribution in [1.82, 2.24) is 15.4 Å². The minimum Gasteiger partial charge on any atom is -0.493 e. The number of carbonyl (C=O) groups excluding carboxylic acids is 2. The van der Waals surface area contributed by atoms with Crippen LogP contribution in [-0.2, 0) is 6.54 Å². The Labute approximate surface area is 194 Å². The summed E-state index contributed by atoms with van der Waals surface area (Å²) < 4.78 is 21.6. The Bertz CT molecular complexity index is 940. The lowest BCUT2D eigenvalue weighted by Crippen LogP contribution is -2.39. The van der Waals surface area contributed by atoms with Gasteiger partial charge in [0.05, 0.1) is 27.9 Å². The largest absolute Gasteiger partial charge is 0.493 e. The SMILES string of the molecule is CCC(CC)N(Cc1cc(C(=O)NCC2CC2)no1)C(=O)c1cc(OC)c(OC)c(OC)c1. The van der Waals surface area contributed by atoms with Crippen molar-refractivity contribution in [2.24, 2.45) is 5.92 Å². The maximum atomic E-state index is 13.6. The van der Waals surface area contributed by atoms with Crippen LogP contribution in [0, 0.1) is 5.92 Å². The van der Waals surface area contributed by atoms with E-state index in [4.69, 9.17) is 18.7 Å². The van der Waals surface area contributed by atoms with Crippen LogP contribution < -0.4 is 19.5 Å². The number of carbonyl (C=O) groups is 2. The first-order valence-electron chi connectivity index (χ1n) is 11.3. The van der Waals surface area contributed by atoms with E-state index in [1.54, 1.807) is 23.1 Å². The van der Waals surface area contributed by atoms with Crippen LogP contribution in [0.2, 0.25) is 0 Å². The van der Waals surface area contributed by atoms with Crippen molar-refractivity contribution < 1.29 is 28.3 Å². The lowest BCUT2D eigenvalue weighted by molar-refractivity contribution is 0.0626. The van der Waals surface area contributed by atoms with Gasteiger partial charge >= 0.3 is 0 Å². The van der Waals surface area contributed by atoms with Gasteiger partial charge in [-0.1, -0.05) is 19.0 Å². The molecule has 2 amide bonds. The minimum atomic E-state index is -0.262. The first kappa shape index (κ1) is 24.4. The van der Waals surface area contributed by atoms with E-state index in [0.717, 1.165) is 25.7 Å². The standard InChI is InChI=1S/C24H33N3O6/c1-6-17(7-2)27(14-18-12-19(26-33-18)23(28)25-13-15-8-9-15)24(29)16-10-20(30-3)22(32-5)21(11-16)31-4/h10-12,15,17H,6-9,13-14H2,1-5H3,(H,25,28). The molecule has 0 atom stereocenters. The first-order chi connectivity index (χ1) is 15.9. The highest BCUT2D eigenvalue weighted by molar-refractivity contribution is 5.96. The Kier molecular flexibility index (Phi) is 8.19. The smallest absolute Gasteiger partial charge is 0.273 e. The van der Waals surface area contributed by atoms with Gasteiger partial charge in [-0.05, 0) is 43.7 Å². The summed E-state index contributed by atoms with van der Waals surface area (Å²) in [6, 6.07) is 4.83. The summed E-state index contributed by atoms with van der Waals surface area (Å²) >= 11 is 0. The van der Waals surface area contributed by atoms with E-state index in [1.165, 1.54) is 21.3 Å². The molecule has 0 unspecified atom stereocenters. The molecule has 1 saturated carbocycles. The van der Waals surface area contributed by atoms with E-state index in [-0.39, 0.29) is 30.1 Å². The van der Waals surface area contributed by atoms with Crippen molar-refractivity contribution in [3.05, 3.63) is 35.2 Å². The van der Waals surface area contributed by atoms with Crippen LogP contribution in [0.1, 0.15) is 66.1 Å². The van der Waals surface area contributed by atoms with Crippen molar-refractivity contribution >= 4 is 11.8 Å². The fourth-order valence-electron chi connectivity index (χ4n) is 3.78. The maximum Gasteiger partial charge on any atom is 0.273 e. The number of benzene rings is 1. The fraction of sp³-hybridized carbons (Fsp3) is 0.542. The zero-order valence-electron chi connectivity index (χ0n) is 20.0. The molecule has 1 fully saturated rings. The third-order valence-electron chi connectivity index (χ3n) is 5.92. The molecule has 180 valence electrons. The van der Waals surface area contributed by atoms with Crippen molar-refractivity contribution in [1.29, 1.82) is 0 Å². The van der Waals surface area contributed by atoms with E-state index >= 15 is 0 Å². The quantitative estimate of drug-likeness (QED) is 0.516. The highest BCUT2D eigenvalue weighted by atomic mass is 16.5. The summed E-state index contributed by atoms with van der Waals surface area (Å²) in [5.41, 5.74) is 0.619. The van der Waals surface area contributed by atoms with Crippen LogP contribution in [0.4, 0.5) is 0 Å². The zero-order valence-corrected chi connectivity index (χ0v) is 20.0. The van der Waals surface area contributed by atoms with Crippen LogP contribution in [0.5, 0.6) is 17.2 Å². The van der Waals surface area contributed by atoms with Gasteiger partial charge in [-0.3, -0.25) is 9.59 Å². The maximum absolute atomic E-state index is 13.6. The molecule has 1 N–H and O–H groups in total. The zero-order chi connectivity index (χ0) is 24.0. The Balaban J connectivity index is 1.84. The highest BCUT2D eigenvalue weighted by Gasteiger charge is 2.28. The van der Waals surface area contributed by atoms with Crippen LogP contribution in [0.3, 0.4) is 0 Å². The van der Waals surface area contributed by atoms with Crippen LogP contribution in [0.25, 0.3) is 0 Å². The number of rotatable bonds is 12. The summed E-state index contributed by atoms with van der Waals surface area (Å²) in [4.78, 5) is 27.7. The number of hydrogen-bond acceptors (Lipinski definition) is 7. The molecule has 0 radical (unpaired) electrons. The van der Waals surface area contributed by atoms with E-state index in [9.17, 15) is 9.59 Å². The van der Waals surface area contributed by atoms with Gasteiger partial charge < -0.3 is 29.0 Å². The van der Waals surface area contributed by atoms with Gasteiger partial charge in [-0.25, -0.2) is 0 Å². The molecule has 1 heterocycles. The second kappa shape index (κ2) is 11.1. The van der Waals surface area contributed by atoms with Crippen molar-refractivity contribution in [3.63, 3.8) is 0 Å². The number of aromatic nitrogens is 1. The summed E-state index contributed by atoms with van der Waals surface area (Å²) in [5, 5.41) is 6.78. The molecule has 1 aromatic carbocycles. The summed E-state index contributed by atoms with van der Waals surface area (Å²) in [7, 11) is 4.53. The molecule has 2 aromatic rings. The van der Waals surface area contributed by atoms with Gasteiger partial charge in [0, 0.05) is 24.2 Å². The topological polar surface area (TPSA) is 103 Å². The molecular weight excluding hydrogens is 426 g/mol. The molecule has 1 aliphatic carbocycles. The minimum absolute atomic E-state index is 0.0335. The predicted octanol–water partition coefficient (Wildman–Crippen LogP) is 3.67. The summed E-state index contributed by atoms with van der Waals surface area (Å²) in [6.07, 6.45) is 3.82. The number of amides is 2. The molecule has 0 bridgehead atoms. The average molecular weight is 460 g/mol. The number of ether oxygens (including phenoxy) is 3. The fourth-order valence-corrected chi connectivity index (χ4v) is 3.78. The number of methoxy groups -OCH3 is 3. The second-order valence-electron chi connectivity index (χ2n) is 8.15. The number of nitrogens with zero attached hydrogens (tertiary/aromatic N) is 2. The Morgan fingerprint density at radius 2 is 1.73 bits per heavy atom. The van der Waals surface area contributed by atoms with Crippen molar-refractivity contribution in [3.8, 4) is 17.2 Å². The molecule has 33 heavy (non-hydrogen) atoms. The number of nitrogens with one attached hydrogen (secondary N) is 1. The molecule has 9 heteroatoms. The summed E-state index contributed by atoms with van der Waals surface area (Å²) in [5.74, 6) is 1.77. The normalized spacial score (nSPS) is 13.0. The lowest BCUT2D eigenvalue weighted by atomic mass is 10.1. The second-order valence-corrected chi connectivity index (χ2v) is 8.15. The van der Waals surface area contributed by atoms with E-state index < -0.39 is 0 Å². The highest BCUT2D eigenvalue weighted by Crippen LogP contribution is 2.38. The van der Waals surface area contributed by atoms with E-state index in [1.807, 2.05) is 13.8 Å². The van der Waals surface area contributed by atoms with Gasteiger partial charge in [0.2, 0.25) is 5.75 Å². The van der Waals surface area contributed by atoms with Gasteiger partial charge in [0.25, 0.3) is 11.8 Å². The third-order valence-corrected chi connectivity index (χ3v) is 5.92. The van der Waals surface area contributed by atoms with Gasteiger partial charge in [0.15, 0.2) is 23.0 Å². The molecule has 0 saturated heterocycles.